The number of nitrogens with two attached hydrogens (primary N) is 2. The summed E-state index contributed by atoms with van der Waals surface area (Å²) in [5.41, 5.74) is 23.6. The van der Waals surface area contributed by atoms with Gasteiger partial charge in [-0.2, -0.15) is 0 Å². The minimum Gasteiger partial charge on any atom is -0.398 e. The highest BCUT2D eigenvalue weighted by Gasteiger charge is 2.19. The Morgan fingerprint density at radius 1 is 0.492 bits per heavy atom. The smallest absolute Gasteiger partial charge is 0.0619 e. The number of benzene rings is 9. The zero-order chi connectivity index (χ0) is 43.1. The Bertz CT molecular complexity index is 3430. The first-order valence-electron chi connectivity index (χ1n) is 21.5. The van der Waals surface area contributed by atoms with Crippen LogP contribution in [0.25, 0.3) is 82.2 Å². The molecule has 0 amide bonds. The van der Waals surface area contributed by atoms with Crippen molar-refractivity contribution in [3.8, 4) is 11.4 Å². The van der Waals surface area contributed by atoms with E-state index in [9.17, 15) is 0 Å². The van der Waals surface area contributed by atoms with Crippen LogP contribution in [0.5, 0.6) is 0 Å². The fourth-order valence-electron chi connectivity index (χ4n) is 8.82. The van der Waals surface area contributed by atoms with Crippen LogP contribution in [-0.4, -0.2) is 9.13 Å². The highest BCUT2D eigenvalue weighted by Crippen LogP contribution is 2.42. The van der Waals surface area contributed by atoms with Crippen molar-refractivity contribution < 1.29 is 0 Å². The van der Waals surface area contributed by atoms with E-state index in [0.29, 0.717) is 6.54 Å². The Labute approximate surface area is 368 Å². The SMILES string of the molecule is C=C/C=C\C.N/C(=C\Cc1ccccc1)c1ccccc1.NCc1cccc(-n2c3ccccc3c3ccc4c5ccc6c(c5ccc4c32)c2ccccc2n6-c2ccccc2)c1. The topological polar surface area (TPSA) is 61.9 Å². The third kappa shape index (κ3) is 7.92. The predicted octanol–water partition coefficient (Wildman–Crippen LogP) is 14.6. The third-order valence-corrected chi connectivity index (χ3v) is 11.7. The van der Waals surface area contributed by atoms with E-state index in [1.54, 1.807) is 6.08 Å². The molecule has 0 radical (unpaired) electrons. The summed E-state index contributed by atoms with van der Waals surface area (Å²) >= 11 is 0. The third-order valence-electron chi connectivity index (χ3n) is 11.7. The number of fused-ring (bicyclic) bond motifs is 11. The summed E-state index contributed by atoms with van der Waals surface area (Å²) < 4.78 is 4.80. The number of para-hydroxylation sites is 3. The first-order valence-corrected chi connectivity index (χ1v) is 21.5. The van der Waals surface area contributed by atoms with E-state index in [1.165, 1.54) is 76.4 Å². The first-order chi connectivity index (χ1) is 31.1. The van der Waals surface area contributed by atoms with Gasteiger partial charge in [0.2, 0.25) is 0 Å². The molecule has 4 heteroatoms. The molecule has 2 heterocycles. The minimum absolute atomic E-state index is 0.517. The van der Waals surface area contributed by atoms with Crippen molar-refractivity contribution in [2.24, 2.45) is 11.5 Å². The van der Waals surface area contributed by atoms with Crippen molar-refractivity contribution >= 4 is 70.9 Å². The van der Waals surface area contributed by atoms with Gasteiger partial charge in [-0.3, -0.25) is 0 Å². The molecular weight excluding hydrogens is 765 g/mol. The maximum absolute atomic E-state index is 6.06. The van der Waals surface area contributed by atoms with Gasteiger partial charge in [0.25, 0.3) is 0 Å². The zero-order valence-electron chi connectivity index (χ0n) is 35.5. The van der Waals surface area contributed by atoms with Crippen LogP contribution in [0, 0.1) is 0 Å². The van der Waals surface area contributed by atoms with Crippen molar-refractivity contribution in [1.82, 2.24) is 9.13 Å². The van der Waals surface area contributed by atoms with E-state index in [2.05, 4.69) is 173 Å². The number of hydrogen-bond acceptors (Lipinski definition) is 2. The molecule has 0 spiro atoms. The molecule has 2 aromatic heterocycles. The monoisotopic (exact) mass is 814 g/mol. The van der Waals surface area contributed by atoms with Gasteiger partial charge in [0.05, 0.1) is 22.1 Å². The summed E-state index contributed by atoms with van der Waals surface area (Å²) in [5.74, 6) is 0. The van der Waals surface area contributed by atoms with Crippen molar-refractivity contribution in [3.63, 3.8) is 0 Å². The second-order valence-electron chi connectivity index (χ2n) is 15.6. The molecule has 0 bridgehead atoms. The van der Waals surface area contributed by atoms with E-state index >= 15 is 0 Å². The maximum Gasteiger partial charge on any atom is 0.0619 e. The summed E-state index contributed by atoms with van der Waals surface area (Å²) in [6, 6.07) is 71.0. The summed E-state index contributed by atoms with van der Waals surface area (Å²) in [4.78, 5) is 0. The van der Waals surface area contributed by atoms with Gasteiger partial charge in [-0.15, -0.1) is 0 Å². The molecule has 4 nitrogen and oxygen atoms in total. The lowest BCUT2D eigenvalue weighted by molar-refractivity contribution is 1.06. The van der Waals surface area contributed by atoms with Crippen LogP contribution in [0.2, 0.25) is 0 Å². The number of aromatic nitrogens is 2. The van der Waals surface area contributed by atoms with Crippen LogP contribution in [0.3, 0.4) is 0 Å². The Kier molecular flexibility index (Phi) is 11.8. The molecule has 11 rings (SSSR count). The number of allylic oxidation sites excluding steroid dienone is 4. The van der Waals surface area contributed by atoms with Gasteiger partial charge in [-0.1, -0.05) is 189 Å². The molecular formula is C59H50N4. The second kappa shape index (κ2) is 18.4. The van der Waals surface area contributed by atoms with Crippen LogP contribution >= 0.6 is 0 Å². The number of hydrogen-bond donors (Lipinski definition) is 2. The molecule has 0 unspecified atom stereocenters. The average molecular weight is 815 g/mol. The summed E-state index contributed by atoms with van der Waals surface area (Å²) in [6.45, 7) is 5.94. The van der Waals surface area contributed by atoms with E-state index in [-0.39, 0.29) is 0 Å². The molecule has 0 saturated carbocycles. The van der Waals surface area contributed by atoms with E-state index < -0.39 is 0 Å². The molecule has 63 heavy (non-hydrogen) atoms. The molecule has 0 fully saturated rings. The van der Waals surface area contributed by atoms with Crippen molar-refractivity contribution in [2.45, 2.75) is 19.9 Å². The van der Waals surface area contributed by atoms with Gasteiger partial charge >= 0.3 is 0 Å². The summed E-state index contributed by atoms with van der Waals surface area (Å²) in [5, 5.41) is 10.1. The van der Waals surface area contributed by atoms with Gasteiger partial charge in [0.15, 0.2) is 0 Å². The standard InChI is InChI=1S/C39H27N3.C15H15N.C5H8/c40-24-25-9-8-12-27(23-25)42-35-15-6-4-13-30(35)33-19-17-29-28-21-22-37-38(31(28)18-20-32(29)39(33)42)34-14-5-7-16-36(34)41(37)26-10-2-1-3-11-26;16-15(14-9-5-2-6-10-14)12-11-13-7-3-1-4-8-13;1-3-5-4-2/h1-23H,24,40H2;1-10,12H,11,16H2;3-5H,1H2,2H3/b;15-12-;5-4-. The Balaban J connectivity index is 0.000000200. The van der Waals surface area contributed by atoms with Crippen LogP contribution in [0.15, 0.2) is 231 Å². The van der Waals surface area contributed by atoms with Crippen LogP contribution in [0.4, 0.5) is 0 Å². The molecule has 4 N–H and O–H groups in total. The van der Waals surface area contributed by atoms with E-state index in [0.717, 1.165) is 28.9 Å². The highest BCUT2D eigenvalue weighted by atomic mass is 15.0. The van der Waals surface area contributed by atoms with Crippen molar-refractivity contribution in [3.05, 3.63) is 248 Å². The fourth-order valence-corrected chi connectivity index (χ4v) is 8.82. The molecule has 0 aliphatic rings. The zero-order valence-corrected chi connectivity index (χ0v) is 35.5. The minimum atomic E-state index is 0.517. The van der Waals surface area contributed by atoms with Gasteiger partial charge in [-0.25, -0.2) is 0 Å². The Hall–Kier alpha value is -7.92. The Morgan fingerprint density at radius 2 is 1.03 bits per heavy atom. The van der Waals surface area contributed by atoms with Gasteiger partial charge < -0.3 is 20.6 Å². The van der Waals surface area contributed by atoms with Crippen LogP contribution < -0.4 is 11.5 Å². The molecule has 0 atom stereocenters. The fraction of sp³-hybridized carbons (Fsp3) is 0.0508. The number of rotatable bonds is 7. The molecule has 0 aliphatic heterocycles. The van der Waals surface area contributed by atoms with E-state index in [4.69, 9.17) is 11.5 Å². The maximum atomic E-state index is 6.06. The lowest BCUT2D eigenvalue weighted by atomic mass is 9.96. The highest BCUT2D eigenvalue weighted by molar-refractivity contribution is 6.29. The van der Waals surface area contributed by atoms with Crippen molar-refractivity contribution in [2.75, 3.05) is 0 Å². The number of nitrogens with zero attached hydrogens (tertiary/aromatic N) is 2. The molecule has 9 aromatic carbocycles. The largest absolute Gasteiger partial charge is 0.398 e. The second-order valence-corrected chi connectivity index (χ2v) is 15.6. The van der Waals surface area contributed by atoms with Gasteiger partial charge in [0.1, 0.15) is 0 Å². The molecule has 0 saturated heterocycles. The Morgan fingerprint density at radius 3 is 1.71 bits per heavy atom. The predicted molar refractivity (Wildman–Crippen MR) is 272 cm³/mol. The average Bonchev–Trinajstić information content (AvgIpc) is 3.88. The van der Waals surface area contributed by atoms with E-state index in [1.807, 2.05) is 67.6 Å². The van der Waals surface area contributed by atoms with Crippen LogP contribution in [-0.2, 0) is 13.0 Å². The van der Waals surface area contributed by atoms with Gasteiger partial charge in [-0.05, 0) is 88.7 Å². The quantitative estimate of drug-likeness (QED) is 0.124. The lowest BCUT2D eigenvalue weighted by Gasteiger charge is -2.13. The first kappa shape index (κ1) is 40.5. The van der Waals surface area contributed by atoms with Crippen molar-refractivity contribution in [1.29, 1.82) is 0 Å². The molecule has 306 valence electrons. The summed E-state index contributed by atoms with van der Waals surface area (Å²) in [7, 11) is 0. The normalized spacial score (nSPS) is 11.6. The summed E-state index contributed by atoms with van der Waals surface area (Å²) in [6.07, 6.45) is 8.51. The van der Waals surface area contributed by atoms with Crippen LogP contribution in [0.1, 0.15) is 23.6 Å². The lowest BCUT2D eigenvalue weighted by Crippen LogP contribution is -1.99. The molecule has 11 aromatic rings. The molecule has 0 aliphatic carbocycles. The van der Waals surface area contributed by atoms with Gasteiger partial charge in [0, 0.05) is 50.5 Å².